The minimum atomic E-state index is -3.72. The minimum Gasteiger partial charge on any atom is -0.467 e. The minimum absolute atomic E-state index is 0.0449. The lowest BCUT2D eigenvalue weighted by Crippen LogP contribution is -2.49. The molecule has 0 aliphatic carbocycles. The summed E-state index contributed by atoms with van der Waals surface area (Å²) >= 11 is 0. The third kappa shape index (κ3) is 9.31. The molecule has 0 saturated carbocycles. The van der Waals surface area contributed by atoms with Crippen LogP contribution in [0.2, 0.25) is 0 Å². The number of amides is 1. The van der Waals surface area contributed by atoms with Crippen molar-refractivity contribution in [1.29, 1.82) is 0 Å². The summed E-state index contributed by atoms with van der Waals surface area (Å²) < 4.78 is 35.8. The molecule has 1 amide bonds. The monoisotopic (exact) mass is 471 g/mol. The van der Waals surface area contributed by atoms with Crippen molar-refractivity contribution in [2.45, 2.75) is 84.9 Å². The lowest BCUT2D eigenvalue weighted by molar-refractivity contribution is -0.144. The number of carbonyl (C=O) groups is 2. The van der Waals surface area contributed by atoms with E-state index in [2.05, 4.69) is 5.32 Å². The number of nitrogens with one attached hydrogen (secondary N) is 1. The zero-order chi connectivity index (χ0) is 24.7. The smallest absolute Gasteiger partial charge is 0.408 e. The fraction of sp³-hybridized carbons (Fsp3) is 0.652. The molecule has 1 aromatic carbocycles. The number of hydrogen-bond acceptors (Lipinski definition) is 7. The second-order valence-corrected chi connectivity index (χ2v) is 12.0. The van der Waals surface area contributed by atoms with E-state index in [4.69, 9.17) is 18.5 Å². The van der Waals surface area contributed by atoms with Crippen molar-refractivity contribution in [2.24, 2.45) is 5.92 Å². The van der Waals surface area contributed by atoms with Crippen LogP contribution in [-0.4, -0.2) is 42.1 Å². The third-order valence-electron chi connectivity index (χ3n) is 4.53. The summed E-state index contributed by atoms with van der Waals surface area (Å²) in [4.78, 5) is 24.9. The van der Waals surface area contributed by atoms with Gasteiger partial charge in [0.15, 0.2) is 0 Å². The molecule has 3 atom stereocenters. The van der Waals surface area contributed by atoms with Gasteiger partial charge in [0.05, 0.1) is 24.0 Å². The molecule has 1 N–H and O–H groups in total. The van der Waals surface area contributed by atoms with Gasteiger partial charge in [-0.15, -0.1) is 0 Å². The normalized spacial score (nSPS) is 15.4. The summed E-state index contributed by atoms with van der Waals surface area (Å²) in [6, 6.07) is 8.05. The van der Waals surface area contributed by atoms with Crippen LogP contribution in [0.1, 0.15) is 61.0 Å². The maximum Gasteiger partial charge on any atom is 0.408 e. The van der Waals surface area contributed by atoms with Crippen LogP contribution in [-0.2, 0) is 34.5 Å². The van der Waals surface area contributed by atoms with E-state index in [-0.39, 0.29) is 6.61 Å². The van der Waals surface area contributed by atoms with Gasteiger partial charge in [-0.2, -0.15) is 0 Å². The van der Waals surface area contributed by atoms with Gasteiger partial charge in [-0.25, -0.2) is 9.59 Å². The number of methoxy groups -OCH3 is 1. The molecule has 0 aromatic heterocycles. The first-order valence-corrected chi connectivity index (χ1v) is 12.3. The van der Waals surface area contributed by atoms with Crippen molar-refractivity contribution >= 4 is 19.7 Å². The summed E-state index contributed by atoms with van der Waals surface area (Å²) in [5, 5.41) is 2.55. The van der Waals surface area contributed by atoms with Crippen molar-refractivity contribution in [1.82, 2.24) is 5.32 Å². The Morgan fingerprint density at radius 1 is 0.969 bits per heavy atom. The standard InChI is InChI=1S/C23H38NO7P/c1-16(17(2)32(27,30-22(3,4)5)31-23(6,7)8)19(20(25)28-9)24-21(26)29-15-18-13-11-10-12-14-18/h10-14,16-17,19H,15H2,1-9H3,(H,24,26)/t16-,17?,19-/m0/s1. The van der Waals surface area contributed by atoms with Crippen molar-refractivity contribution in [3.8, 4) is 0 Å². The molecule has 0 bridgehead atoms. The topological polar surface area (TPSA) is 100 Å². The van der Waals surface area contributed by atoms with E-state index in [0.717, 1.165) is 5.56 Å². The van der Waals surface area contributed by atoms with Gasteiger partial charge in [0.25, 0.3) is 0 Å². The molecule has 182 valence electrons. The molecule has 1 unspecified atom stereocenters. The highest BCUT2D eigenvalue weighted by Gasteiger charge is 2.46. The summed E-state index contributed by atoms with van der Waals surface area (Å²) in [6.07, 6.45) is -0.786. The average molecular weight is 472 g/mol. The van der Waals surface area contributed by atoms with Crippen LogP contribution in [0.25, 0.3) is 0 Å². The Morgan fingerprint density at radius 3 is 1.91 bits per heavy atom. The van der Waals surface area contributed by atoms with Gasteiger partial charge in [0.2, 0.25) is 0 Å². The van der Waals surface area contributed by atoms with Gasteiger partial charge in [0.1, 0.15) is 12.6 Å². The zero-order valence-corrected chi connectivity index (χ0v) is 21.5. The van der Waals surface area contributed by atoms with Crippen LogP contribution < -0.4 is 5.32 Å². The van der Waals surface area contributed by atoms with E-state index >= 15 is 0 Å². The molecule has 1 rings (SSSR count). The number of esters is 1. The van der Waals surface area contributed by atoms with Gasteiger partial charge in [-0.1, -0.05) is 44.2 Å². The Balaban J connectivity index is 3.06. The van der Waals surface area contributed by atoms with Gasteiger partial charge >= 0.3 is 19.7 Å². The van der Waals surface area contributed by atoms with E-state index in [9.17, 15) is 14.2 Å². The highest BCUT2D eigenvalue weighted by molar-refractivity contribution is 7.54. The highest BCUT2D eigenvalue weighted by atomic mass is 31.2. The van der Waals surface area contributed by atoms with Crippen molar-refractivity contribution in [3.05, 3.63) is 35.9 Å². The third-order valence-corrected chi connectivity index (χ3v) is 7.60. The number of carbonyl (C=O) groups excluding carboxylic acids is 2. The molecule has 0 spiro atoms. The predicted molar refractivity (Wildman–Crippen MR) is 123 cm³/mol. The number of ether oxygens (including phenoxy) is 2. The van der Waals surface area contributed by atoms with Crippen LogP contribution in [0.15, 0.2) is 30.3 Å². The molecule has 0 aliphatic heterocycles. The lowest BCUT2D eigenvalue weighted by atomic mass is 9.99. The van der Waals surface area contributed by atoms with Gasteiger partial charge in [-0.05, 0) is 47.1 Å². The Labute approximate surface area is 191 Å². The van der Waals surface area contributed by atoms with Crippen molar-refractivity contribution < 1.29 is 32.7 Å². The Bertz CT molecular complexity index is 779. The molecule has 9 heteroatoms. The molecule has 1 aromatic rings. The zero-order valence-electron chi connectivity index (χ0n) is 20.6. The van der Waals surface area contributed by atoms with Crippen LogP contribution >= 0.6 is 7.60 Å². The number of benzene rings is 1. The van der Waals surface area contributed by atoms with E-state index < -0.39 is 48.5 Å². The first-order valence-electron chi connectivity index (χ1n) is 10.6. The van der Waals surface area contributed by atoms with E-state index in [1.165, 1.54) is 7.11 Å². The predicted octanol–water partition coefficient (Wildman–Crippen LogP) is 5.30. The Morgan fingerprint density at radius 2 is 1.47 bits per heavy atom. The summed E-state index contributed by atoms with van der Waals surface area (Å²) in [5.74, 6) is -1.33. The quantitative estimate of drug-likeness (QED) is 0.385. The Hall–Kier alpha value is -1.89. The van der Waals surface area contributed by atoms with Gasteiger partial charge in [-0.3, -0.25) is 4.57 Å². The number of alkyl carbamates (subject to hydrolysis) is 1. The fourth-order valence-corrected chi connectivity index (χ4v) is 5.58. The van der Waals surface area contributed by atoms with Gasteiger partial charge in [0, 0.05) is 5.92 Å². The first kappa shape index (κ1) is 28.1. The van der Waals surface area contributed by atoms with Crippen LogP contribution in [0.4, 0.5) is 4.79 Å². The fourth-order valence-electron chi connectivity index (χ4n) is 2.94. The molecule has 8 nitrogen and oxygen atoms in total. The van der Waals surface area contributed by atoms with Crippen molar-refractivity contribution in [2.75, 3.05) is 7.11 Å². The summed E-state index contributed by atoms with van der Waals surface area (Å²) in [6.45, 7) is 14.1. The lowest BCUT2D eigenvalue weighted by Gasteiger charge is -2.38. The maximum atomic E-state index is 13.9. The average Bonchev–Trinajstić information content (AvgIpc) is 2.66. The molecule has 0 fully saturated rings. The van der Waals surface area contributed by atoms with Crippen LogP contribution in [0.3, 0.4) is 0 Å². The summed E-state index contributed by atoms with van der Waals surface area (Å²) in [7, 11) is -2.50. The van der Waals surface area contributed by atoms with Crippen LogP contribution in [0.5, 0.6) is 0 Å². The van der Waals surface area contributed by atoms with Crippen LogP contribution in [0, 0.1) is 5.92 Å². The van der Waals surface area contributed by atoms with Gasteiger partial charge < -0.3 is 23.8 Å². The SMILES string of the molecule is COC(=O)[C@@H](NC(=O)OCc1ccccc1)[C@@H](C)C(C)P(=O)(OC(C)(C)C)OC(C)(C)C. The van der Waals surface area contributed by atoms with Crippen molar-refractivity contribution in [3.63, 3.8) is 0 Å². The van der Waals surface area contributed by atoms with E-state index in [0.29, 0.717) is 0 Å². The molecular formula is C23H38NO7P. The molecule has 0 radical (unpaired) electrons. The molecule has 32 heavy (non-hydrogen) atoms. The highest BCUT2D eigenvalue weighted by Crippen LogP contribution is 2.60. The molecule has 0 saturated heterocycles. The number of rotatable bonds is 9. The van der Waals surface area contributed by atoms with E-state index in [1.807, 2.05) is 30.3 Å². The second kappa shape index (κ2) is 11.3. The first-order chi connectivity index (χ1) is 14.6. The molecular weight excluding hydrogens is 433 g/mol. The molecule has 0 heterocycles. The maximum absolute atomic E-state index is 13.9. The molecule has 0 aliphatic rings. The summed E-state index contributed by atoms with van der Waals surface area (Å²) in [5.41, 5.74) is -1.44. The second-order valence-electron chi connectivity index (χ2n) is 9.75. The number of hydrogen-bond donors (Lipinski definition) is 1. The largest absolute Gasteiger partial charge is 0.467 e. The Kier molecular flexibility index (Phi) is 9.94. The van der Waals surface area contributed by atoms with E-state index in [1.54, 1.807) is 55.4 Å².